The first kappa shape index (κ1) is 21.1. The van der Waals surface area contributed by atoms with E-state index in [2.05, 4.69) is 5.32 Å². The predicted octanol–water partition coefficient (Wildman–Crippen LogP) is 3.87. The fourth-order valence-corrected chi connectivity index (χ4v) is 2.24. The van der Waals surface area contributed by atoms with Gasteiger partial charge in [0.1, 0.15) is 5.75 Å². The molecule has 0 aliphatic heterocycles. The van der Waals surface area contributed by atoms with Crippen molar-refractivity contribution >= 4 is 23.3 Å². The highest BCUT2D eigenvalue weighted by Crippen LogP contribution is 2.34. The number of carbonyl (C=O) groups excluding carboxylic acids is 2. The molecule has 9 heteroatoms. The van der Waals surface area contributed by atoms with E-state index in [1.807, 2.05) is 0 Å². The molecular weight excluding hydrogens is 377 g/mol. The van der Waals surface area contributed by atoms with Gasteiger partial charge in [0.25, 0.3) is 5.91 Å². The van der Waals surface area contributed by atoms with E-state index in [0.29, 0.717) is 0 Å². The number of anilines is 2. The molecule has 2 aromatic carbocycles. The number of nitrogens with one attached hydrogen (secondary N) is 1. The monoisotopic (exact) mass is 396 g/mol. The number of carbonyl (C=O) groups is 2. The number of hydrogen-bond donors (Lipinski definition) is 2. The smallest absolute Gasteiger partial charge is 0.418 e. The summed E-state index contributed by atoms with van der Waals surface area (Å²) in [4.78, 5) is 23.9. The molecule has 150 valence electrons. The Morgan fingerprint density at radius 1 is 1.14 bits per heavy atom. The molecule has 0 fully saturated rings. The molecule has 0 atom stereocenters. The summed E-state index contributed by atoms with van der Waals surface area (Å²) in [5.74, 6) is -1.37. The highest BCUT2D eigenvalue weighted by atomic mass is 19.4. The summed E-state index contributed by atoms with van der Waals surface area (Å²) in [6, 6.07) is 8.73. The van der Waals surface area contributed by atoms with Crippen molar-refractivity contribution in [3.8, 4) is 5.75 Å². The van der Waals surface area contributed by atoms with Gasteiger partial charge in [-0.3, -0.25) is 4.79 Å². The molecule has 28 heavy (non-hydrogen) atoms. The van der Waals surface area contributed by atoms with Crippen LogP contribution in [0.4, 0.5) is 24.5 Å². The number of hydrogen-bond acceptors (Lipinski definition) is 5. The molecule has 0 aliphatic rings. The van der Waals surface area contributed by atoms with Crippen LogP contribution in [0.1, 0.15) is 29.8 Å². The zero-order valence-electron chi connectivity index (χ0n) is 15.2. The lowest BCUT2D eigenvalue weighted by molar-refractivity contribution is -0.137. The van der Waals surface area contributed by atoms with Gasteiger partial charge in [-0.25, -0.2) is 4.79 Å². The van der Waals surface area contributed by atoms with E-state index in [4.69, 9.17) is 15.2 Å². The third kappa shape index (κ3) is 5.63. The van der Waals surface area contributed by atoms with Crippen molar-refractivity contribution in [1.29, 1.82) is 0 Å². The van der Waals surface area contributed by atoms with Crippen molar-refractivity contribution < 1.29 is 32.2 Å². The van der Waals surface area contributed by atoms with Gasteiger partial charge >= 0.3 is 12.1 Å². The summed E-state index contributed by atoms with van der Waals surface area (Å²) in [6.45, 7) is 2.78. The largest absolute Gasteiger partial charge is 0.482 e. The molecular formula is C19H19F3N2O4. The molecule has 0 heterocycles. The Morgan fingerprint density at radius 2 is 1.82 bits per heavy atom. The van der Waals surface area contributed by atoms with E-state index in [9.17, 15) is 22.8 Å². The maximum absolute atomic E-state index is 13.0. The molecule has 0 saturated heterocycles. The molecule has 0 aliphatic carbocycles. The van der Waals surface area contributed by atoms with Gasteiger partial charge < -0.3 is 20.5 Å². The van der Waals surface area contributed by atoms with Crippen LogP contribution >= 0.6 is 0 Å². The van der Waals surface area contributed by atoms with Crippen LogP contribution < -0.4 is 15.8 Å². The maximum atomic E-state index is 13.0. The topological polar surface area (TPSA) is 90.7 Å². The number of alkyl halides is 3. The van der Waals surface area contributed by atoms with Crippen LogP contribution in [0.15, 0.2) is 42.5 Å². The van der Waals surface area contributed by atoms with Crippen LogP contribution in [0.2, 0.25) is 0 Å². The van der Waals surface area contributed by atoms with E-state index < -0.39 is 30.2 Å². The number of halogens is 3. The van der Waals surface area contributed by atoms with Crippen LogP contribution in [0.3, 0.4) is 0 Å². The zero-order valence-corrected chi connectivity index (χ0v) is 15.2. The summed E-state index contributed by atoms with van der Waals surface area (Å²) in [5, 5.41) is 2.15. The Bertz CT molecular complexity index is 866. The molecule has 6 nitrogen and oxygen atoms in total. The van der Waals surface area contributed by atoms with Gasteiger partial charge in [-0.05, 0) is 44.2 Å². The molecule has 0 bridgehead atoms. The van der Waals surface area contributed by atoms with Gasteiger partial charge in [0.05, 0.1) is 28.6 Å². The van der Waals surface area contributed by atoms with Crippen molar-refractivity contribution in [1.82, 2.24) is 0 Å². The van der Waals surface area contributed by atoms with Crippen molar-refractivity contribution in [2.45, 2.75) is 26.1 Å². The lowest BCUT2D eigenvalue weighted by Crippen LogP contribution is -2.22. The fourth-order valence-electron chi connectivity index (χ4n) is 2.24. The number of nitrogen functional groups attached to an aromatic ring is 1. The van der Waals surface area contributed by atoms with Crippen LogP contribution in [-0.4, -0.2) is 24.6 Å². The molecule has 0 radical (unpaired) electrons. The van der Waals surface area contributed by atoms with Gasteiger partial charge in [-0.1, -0.05) is 12.1 Å². The number of ether oxygens (including phenoxy) is 2. The minimum absolute atomic E-state index is 0.0393. The first-order valence-corrected chi connectivity index (χ1v) is 8.27. The predicted molar refractivity (Wildman–Crippen MR) is 97.0 cm³/mol. The Hall–Kier alpha value is -3.23. The second-order valence-electron chi connectivity index (χ2n) is 6.09. The summed E-state index contributed by atoms with van der Waals surface area (Å²) in [7, 11) is 0. The Morgan fingerprint density at radius 3 is 2.46 bits per heavy atom. The summed E-state index contributed by atoms with van der Waals surface area (Å²) in [5.41, 5.74) is 4.72. The third-order valence-electron chi connectivity index (χ3n) is 3.46. The highest BCUT2D eigenvalue weighted by molar-refractivity contribution is 5.93. The molecule has 2 aromatic rings. The number of nitrogens with two attached hydrogens (primary N) is 1. The highest BCUT2D eigenvalue weighted by Gasteiger charge is 2.33. The normalized spacial score (nSPS) is 11.2. The quantitative estimate of drug-likeness (QED) is 0.571. The average molecular weight is 396 g/mol. The van der Waals surface area contributed by atoms with Gasteiger partial charge in [0.2, 0.25) is 0 Å². The second-order valence-corrected chi connectivity index (χ2v) is 6.09. The van der Waals surface area contributed by atoms with Crippen molar-refractivity contribution in [2.24, 2.45) is 0 Å². The summed E-state index contributed by atoms with van der Waals surface area (Å²) < 4.78 is 49.2. The van der Waals surface area contributed by atoms with E-state index in [1.165, 1.54) is 30.3 Å². The number of benzene rings is 2. The van der Waals surface area contributed by atoms with Crippen LogP contribution in [0.5, 0.6) is 5.75 Å². The SMILES string of the molecule is CC(C)OC(=O)c1ccc(N)c(OCC(=O)Nc2ccccc2C(F)(F)F)c1. The van der Waals surface area contributed by atoms with E-state index >= 15 is 0 Å². The van der Waals surface area contributed by atoms with Crippen molar-refractivity contribution in [3.63, 3.8) is 0 Å². The number of esters is 1. The van der Waals surface area contributed by atoms with Gasteiger partial charge in [-0.15, -0.1) is 0 Å². The molecule has 0 spiro atoms. The lowest BCUT2D eigenvalue weighted by atomic mass is 10.1. The molecule has 0 unspecified atom stereocenters. The molecule has 0 aromatic heterocycles. The fraction of sp³-hybridized carbons (Fsp3) is 0.263. The van der Waals surface area contributed by atoms with Crippen LogP contribution in [0, 0.1) is 0 Å². The van der Waals surface area contributed by atoms with E-state index in [-0.39, 0.29) is 28.8 Å². The minimum Gasteiger partial charge on any atom is -0.482 e. The van der Waals surface area contributed by atoms with Crippen LogP contribution in [0.25, 0.3) is 0 Å². The van der Waals surface area contributed by atoms with Crippen molar-refractivity contribution in [2.75, 3.05) is 17.7 Å². The molecule has 3 N–H and O–H groups in total. The number of para-hydroxylation sites is 1. The van der Waals surface area contributed by atoms with Gasteiger partial charge in [0.15, 0.2) is 6.61 Å². The third-order valence-corrected chi connectivity index (χ3v) is 3.46. The Kier molecular flexibility index (Phi) is 6.50. The molecule has 0 saturated carbocycles. The van der Waals surface area contributed by atoms with Gasteiger partial charge in [-0.2, -0.15) is 13.2 Å². The minimum atomic E-state index is -4.61. The summed E-state index contributed by atoms with van der Waals surface area (Å²) in [6.07, 6.45) is -4.94. The zero-order chi connectivity index (χ0) is 20.9. The van der Waals surface area contributed by atoms with E-state index in [0.717, 1.165) is 12.1 Å². The Balaban J connectivity index is 2.07. The Labute approximate surface area is 159 Å². The number of amides is 1. The van der Waals surface area contributed by atoms with Crippen molar-refractivity contribution in [3.05, 3.63) is 53.6 Å². The standard InChI is InChI=1S/C19H19F3N2O4/c1-11(2)28-18(26)12-7-8-14(23)16(9-12)27-10-17(25)24-15-6-4-3-5-13(15)19(20,21)22/h3-9,11H,10,23H2,1-2H3,(H,24,25). The number of rotatable bonds is 6. The lowest BCUT2D eigenvalue weighted by Gasteiger charge is -2.14. The summed E-state index contributed by atoms with van der Waals surface area (Å²) >= 11 is 0. The van der Waals surface area contributed by atoms with Gasteiger partial charge in [0, 0.05) is 0 Å². The van der Waals surface area contributed by atoms with E-state index in [1.54, 1.807) is 13.8 Å². The average Bonchev–Trinajstić information content (AvgIpc) is 2.60. The molecule has 2 rings (SSSR count). The first-order chi connectivity index (χ1) is 13.1. The maximum Gasteiger partial charge on any atom is 0.418 e. The van der Waals surface area contributed by atoms with Crippen LogP contribution in [-0.2, 0) is 15.7 Å². The second kappa shape index (κ2) is 8.64. The first-order valence-electron chi connectivity index (χ1n) is 8.27. The molecule has 1 amide bonds.